The minimum Gasteiger partial charge on any atom is -0.460 e. The number of fused-ring (bicyclic) bond motifs is 2. The van der Waals surface area contributed by atoms with Crippen LogP contribution in [0, 0.1) is 0 Å². The van der Waals surface area contributed by atoms with Crippen LogP contribution in [-0.2, 0) is 4.79 Å². The number of carbonyl (C=O) groups is 1. The molecule has 172 valence electrons. The first-order valence-electron chi connectivity index (χ1n) is 10.5. The Morgan fingerprint density at radius 2 is 1.63 bits per heavy atom. The van der Waals surface area contributed by atoms with Gasteiger partial charge in [-0.25, -0.2) is 4.79 Å². The van der Waals surface area contributed by atoms with E-state index in [0.29, 0.717) is 26.7 Å². The first kappa shape index (κ1) is 22.7. The standard InChI is InChI=1S/C28H16Cl2O5/c29-23-11-5-17(13-24(23)30)6-12-27(31)35-21-9-10-22-25(15-21)33-16-26(28(22)32)34-20-8-7-18-3-1-2-4-19(18)14-20/h1-16H/b12-6+. The van der Waals surface area contributed by atoms with Crippen molar-refractivity contribution < 1.29 is 18.7 Å². The van der Waals surface area contributed by atoms with Crippen molar-refractivity contribution in [1.29, 1.82) is 0 Å². The lowest BCUT2D eigenvalue weighted by atomic mass is 10.1. The lowest BCUT2D eigenvalue weighted by Gasteiger charge is -2.07. The maximum Gasteiger partial charge on any atom is 0.336 e. The average Bonchev–Trinajstić information content (AvgIpc) is 2.86. The molecule has 0 saturated carbocycles. The zero-order valence-electron chi connectivity index (χ0n) is 18.0. The van der Waals surface area contributed by atoms with E-state index in [1.807, 2.05) is 36.4 Å². The number of esters is 1. The second kappa shape index (κ2) is 9.66. The summed E-state index contributed by atoms with van der Waals surface area (Å²) in [6.45, 7) is 0. The van der Waals surface area contributed by atoms with Crippen LogP contribution in [0.25, 0.3) is 27.8 Å². The Hall–Kier alpha value is -4.06. The summed E-state index contributed by atoms with van der Waals surface area (Å²) >= 11 is 11.9. The van der Waals surface area contributed by atoms with E-state index >= 15 is 0 Å². The molecule has 5 rings (SSSR count). The largest absolute Gasteiger partial charge is 0.460 e. The monoisotopic (exact) mass is 502 g/mol. The molecule has 0 N–H and O–H groups in total. The summed E-state index contributed by atoms with van der Waals surface area (Å²) in [4.78, 5) is 25.1. The van der Waals surface area contributed by atoms with Gasteiger partial charge in [-0.3, -0.25) is 4.79 Å². The van der Waals surface area contributed by atoms with Gasteiger partial charge in [0.1, 0.15) is 23.3 Å². The number of rotatable bonds is 5. The van der Waals surface area contributed by atoms with Gasteiger partial charge in [0, 0.05) is 12.1 Å². The van der Waals surface area contributed by atoms with Gasteiger partial charge >= 0.3 is 5.97 Å². The second-order valence-corrected chi connectivity index (χ2v) is 8.44. The molecule has 1 aromatic heterocycles. The van der Waals surface area contributed by atoms with Crippen LogP contribution in [0.1, 0.15) is 5.56 Å². The van der Waals surface area contributed by atoms with Crippen LogP contribution < -0.4 is 14.9 Å². The SMILES string of the molecule is O=C(/C=C/c1ccc(Cl)c(Cl)c1)Oc1ccc2c(=O)c(Oc3ccc4ccccc4c3)coc2c1. The molecule has 5 nitrogen and oxygen atoms in total. The highest BCUT2D eigenvalue weighted by atomic mass is 35.5. The fourth-order valence-electron chi connectivity index (χ4n) is 3.51. The predicted octanol–water partition coefficient (Wildman–Crippen LogP) is 7.66. The third kappa shape index (κ3) is 5.06. The first-order chi connectivity index (χ1) is 17.0. The van der Waals surface area contributed by atoms with E-state index in [1.54, 1.807) is 30.3 Å². The molecule has 0 unspecified atom stereocenters. The van der Waals surface area contributed by atoms with Gasteiger partial charge in [-0.2, -0.15) is 0 Å². The lowest BCUT2D eigenvalue weighted by Crippen LogP contribution is -2.06. The molecule has 5 aromatic rings. The maximum absolute atomic E-state index is 12.9. The number of hydrogen-bond acceptors (Lipinski definition) is 5. The van der Waals surface area contributed by atoms with Crippen LogP contribution in [0.4, 0.5) is 0 Å². The van der Waals surface area contributed by atoms with E-state index < -0.39 is 5.97 Å². The molecule has 0 saturated heterocycles. The Morgan fingerprint density at radius 1 is 0.829 bits per heavy atom. The zero-order chi connectivity index (χ0) is 24.4. The zero-order valence-corrected chi connectivity index (χ0v) is 19.5. The van der Waals surface area contributed by atoms with Crippen LogP contribution in [0.5, 0.6) is 17.2 Å². The first-order valence-corrected chi connectivity index (χ1v) is 11.3. The van der Waals surface area contributed by atoms with Crippen molar-refractivity contribution in [3.05, 3.63) is 117 Å². The molecule has 0 bridgehead atoms. The number of benzene rings is 4. The molecule has 0 amide bonds. The van der Waals surface area contributed by atoms with Crippen LogP contribution in [-0.4, -0.2) is 5.97 Å². The van der Waals surface area contributed by atoms with Crippen molar-refractivity contribution in [3.8, 4) is 17.2 Å². The molecular weight excluding hydrogens is 487 g/mol. The topological polar surface area (TPSA) is 65.7 Å². The molecule has 0 aliphatic carbocycles. The van der Waals surface area contributed by atoms with Crippen LogP contribution in [0.2, 0.25) is 10.0 Å². The average molecular weight is 503 g/mol. The van der Waals surface area contributed by atoms with Crippen molar-refractivity contribution in [1.82, 2.24) is 0 Å². The summed E-state index contributed by atoms with van der Waals surface area (Å²) in [7, 11) is 0. The second-order valence-electron chi connectivity index (χ2n) is 7.63. The molecule has 7 heteroatoms. The van der Waals surface area contributed by atoms with Crippen molar-refractivity contribution in [2.45, 2.75) is 0 Å². The summed E-state index contributed by atoms with van der Waals surface area (Å²) in [5.41, 5.74) is 0.622. The van der Waals surface area contributed by atoms with Crippen LogP contribution >= 0.6 is 23.2 Å². The summed E-state index contributed by atoms with van der Waals surface area (Å²) < 4.78 is 16.7. The minimum atomic E-state index is -0.603. The van der Waals surface area contributed by atoms with Gasteiger partial charge in [-0.1, -0.05) is 59.6 Å². The van der Waals surface area contributed by atoms with Gasteiger partial charge in [0.05, 0.1) is 15.4 Å². The van der Waals surface area contributed by atoms with Crippen molar-refractivity contribution >= 4 is 57.0 Å². The highest BCUT2D eigenvalue weighted by Crippen LogP contribution is 2.27. The molecule has 0 spiro atoms. The van der Waals surface area contributed by atoms with E-state index in [4.69, 9.17) is 37.1 Å². The Morgan fingerprint density at radius 3 is 2.46 bits per heavy atom. The normalized spacial score (nSPS) is 11.3. The number of halogens is 2. The van der Waals surface area contributed by atoms with Gasteiger partial charge in [0.2, 0.25) is 11.2 Å². The van der Waals surface area contributed by atoms with E-state index in [0.717, 1.165) is 10.8 Å². The number of carbonyl (C=O) groups excluding carboxylic acids is 1. The van der Waals surface area contributed by atoms with Crippen LogP contribution in [0.15, 0.2) is 100 Å². The summed E-state index contributed by atoms with van der Waals surface area (Å²) in [6.07, 6.45) is 4.07. The lowest BCUT2D eigenvalue weighted by molar-refractivity contribution is -0.128. The molecule has 0 fully saturated rings. The third-order valence-corrected chi connectivity index (χ3v) is 5.98. The fourth-order valence-corrected chi connectivity index (χ4v) is 3.82. The van der Waals surface area contributed by atoms with Gasteiger partial charge in [0.25, 0.3) is 0 Å². The van der Waals surface area contributed by atoms with E-state index in [1.165, 1.54) is 30.5 Å². The quantitative estimate of drug-likeness (QED) is 0.140. The number of ether oxygens (including phenoxy) is 2. The third-order valence-electron chi connectivity index (χ3n) is 5.24. The number of hydrogen-bond donors (Lipinski definition) is 0. The Labute approximate surface area is 209 Å². The van der Waals surface area contributed by atoms with Crippen LogP contribution in [0.3, 0.4) is 0 Å². The highest BCUT2D eigenvalue weighted by molar-refractivity contribution is 6.42. The Kier molecular flexibility index (Phi) is 6.27. The Balaban J connectivity index is 1.33. The van der Waals surface area contributed by atoms with Crippen molar-refractivity contribution in [3.63, 3.8) is 0 Å². The summed E-state index contributed by atoms with van der Waals surface area (Å²) in [5, 5.41) is 3.18. The molecule has 0 aliphatic heterocycles. The van der Waals surface area contributed by atoms with Gasteiger partial charge in [-0.15, -0.1) is 0 Å². The molecular formula is C28H16Cl2O5. The molecule has 0 atom stereocenters. The molecule has 1 heterocycles. The summed E-state index contributed by atoms with van der Waals surface area (Å²) in [6, 6.07) is 22.9. The van der Waals surface area contributed by atoms with Crippen molar-refractivity contribution in [2.24, 2.45) is 0 Å². The fraction of sp³-hybridized carbons (Fsp3) is 0. The maximum atomic E-state index is 12.9. The smallest absolute Gasteiger partial charge is 0.336 e. The van der Waals surface area contributed by atoms with Gasteiger partial charge in [-0.05, 0) is 58.8 Å². The molecule has 4 aromatic carbocycles. The predicted molar refractivity (Wildman–Crippen MR) is 138 cm³/mol. The minimum absolute atomic E-state index is 0.0575. The van der Waals surface area contributed by atoms with Crippen molar-refractivity contribution in [2.75, 3.05) is 0 Å². The van der Waals surface area contributed by atoms with Gasteiger partial charge < -0.3 is 13.9 Å². The van der Waals surface area contributed by atoms with Gasteiger partial charge in [0.15, 0.2) is 0 Å². The Bertz CT molecular complexity index is 1670. The van der Waals surface area contributed by atoms with E-state index in [2.05, 4.69) is 0 Å². The highest BCUT2D eigenvalue weighted by Gasteiger charge is 2.12. The van der Waals surface area contributed by atoms with E-state index in [9.17, 15) is 9.59 Å². The molecule has 0 aliphatic rings. The molecule has 35 heavy (non-hydrogen) atoms. The van der Waals surface area contributed by atoms with E-state index in [-0.39, 0.29) is 22.5 Å². The summed E-state index contributed by atoms with van der Waals surface area (Å²) in [5.74, 6) is 0.207. The molecule has 0 radical (unpaired) electrons.